The summed E-state index contributed by atoms with van der Waals surface area (Å²) in [5.41, 5.74) is 9.02. The minimum atomic E-state index is -0.986. The molecule has 0 saturated heterocycles. The minimum absolute atomic E-state index is 0.342. The van der Waals surface area contributed by atoms with Gasteiger partial charge in [0.1, 0.15) is 5.75 Å². The van der Waals surface area contributed by atoms with Gasteiger partial charge in [-0.2, -0.15) is 0 Å². The van der Waals surface area contributed by atoms with Crippen molar-refractivity contribution in [1.82, 2.24) is 0 Å². The van der Waals surface area contributed by atoms with Crippen molar-refractivity contribution in [2.45, 2.75) is 50.0 Å². The molecule has 0 heterocycles. The number of benzene rings is 4. The van der Waals surface area contributed by atoms with Gasteiger partial charge in [-0.05, 0) is 103 Å². The molecule has 4 aromatic carbocycles. The number of carboxylic acid groups (broad SMARTS) is 2. The van der Waals surface area contributed by atoms with Gasteiger partial charge in [0.2, 0.25) is 0 Å². The lowest BCUT2D eigenvalue weighted by atomic mass is 9.99. The summed E-state index contributed by atoms with van der Waals surface area (Å²) in [4.78, 5) is 24.4. The molecule has 4 rings (SSSR count). The Balaban J connectivity index is 1.26. The molecule has 48 heavy (non-hydrogen) atoms. The zero-order chi connectivity index (χ0) is 34.5. The zero-order valence-corrected chi connectivity index (χ0v) is 29.4. The van der Waals surface area contributed by atoms with E-state index < -0.39 is 18.0 Å². The molecule has 0 radical (unpaired) electrons. The van der Waals surface area contributed by atoms with Gasteiger partial charge in [0.15, 0.2) is 12.7 Å². The molecule has 0 aliphatic rings. The number of allylic oxidation sites excluding steroid dienone is 2. The van der Waals surface area contributed by atoms with Crippen LogP contribution in [0.4, 0.5) is 0 Å². The van der Waals surface area contributed by atoms with Crippen molar-refractivity contribution in [1.29, 1.82) is 0 Å². The van der Waals surface area contributed by atoms with Crippen LogP contribution in [-0.2, 0) is 20.7 Å². The molecule has 4 aromatic rings. The fraction of sp³-hybridized carbons (Fsp3) is 0.250. The number of rotatable bonds is 17. The van der Waals surface area contributed by atoms with Crippen LogP contribution in [0.25, 0.3) is 22.3 Å². The Hall–Kier alpha value is -4.24. The molecule has 250 valence electrons. The molecule has 0 aliphatic heterocycles. The van der Waals surface area contributed by atoms with E-state index in [0.29, 0.717) is 18.8 Å². The van der Waals surface area contributed by atoms with Gasteiger partial charge in [0.05, 0.1) is 0 Å². The van der Waals surface area contributed by atoms with Crippen LogP contribution in [0.15, 0.2) is 113 Å². The number of ether oxygens (including phenoxy) is 2. The Bertz CT molecular complexity index is 1730. The second-order valence-corrected chi connectivity index (χ2v) is 13.5. The van der Waals surface area contributed by atoms with E-state index in [1.165, 1.54) is 33.4 Å². The SMILES string of the molecule is CCOC(Cc1ccc(SC/C=C(/C)c2ccc(-c3ccc(/C(C)=C\CSc4ccc(OCC(=O)O)c(C)c4)cc3)cc2)cc1)C(=O)O. The molecule has 6 nitrogen and oxygen atoms in total. The second-order valence-electron chi connectivity index (χ2n) is 11.3. The second kappa shape index (κ2) is 18.3. The molecule has 0 saturated carbocycles. The van der Waals surface area contributed by atoms with Crippen molar-refractivity contribution in [3.05, 3.63) is 125 Å². The highest BCUT2D eigenvalue weighted by atomic mass is 32.2. The highest BCUT2D eigenvalue weighted by Crippen LogP contribution is 2.28. The molecule has 1 unspecified atom stereocenters. The first-order valence-corrected chi connectivity index (χ1v) is 17.8. The maximum atomic E-state index is 11.4. The fourth-order valence-corrected chi connectivity index (χ4v) is 6.78. The lowest BCUT2D eigenvalue weighted by molar-refractivity contribution is -0.150. The Labute approximate surface area is 291 Å². The third-order valence-corrected chi connectivity index (χ3v) is 9.64. The number of carboxylic acids is 2. The number of carbonyl (C=O) groups is 2. The van der Waals surface area contributed by atoms with E-state index in [-0.39, 0.29) is 6.61 Å². The number of hydrogen-bond acceptors (Lipinski definition) is 6. The maximum absolute atomic E-state index is 11.4. The van der Waals surface area contributed by atoms with Crippen molar-refractivity contribution in [3.8, 4) is 16.9 Å². The van der Waals surface area contributed by atoms with Crippen LogP contribution in [0.3, 0.4) is 0 Å². The maximum Gasteiger partial charge on any atom is 0.341 e. The quantitative estimate of drug-likeness (QED) is 0.106. The van der Waals surface area contributed by atoms with E-state index in [0.717, 1.165) is 32.4 Å². The number of hydrogen-bond donors (Lipinski definition) is 2. The third-order valence-electron chi connectivity index (χ3n) is 7.78. The van der Waals surface area contributed by atoms with Crippen LogP contribution in [0.1, 0.15) is 43.0 Å². The van der Waals surface area contributed by atoms with Crippen LogP contribution in [0.2, 0.25) is 0 Å². The van der Waals surface area contributed by atoms with Crippen molar-refractivity contribution in [3.63, 3.8) is 0 Å². The standard InChI is InChI=1S/C40H42O6S2/c1-5-45-38(40(43)44)25-30-6-16-35(17-7-30)47-22-20-27(2)31-8-12-33(13-9-31)34-14-10-32(11-15-34)28(3)21-23-48-36-18-19-37(29(4)24-36)46-26-39(41)42/h6-21,24,38H,5,22-23,25-26H2,1-4H3,(H,41,42)(H,43,44)/b27-20-,28-21-. The molecule has 0 amide bonds. The van der Waals surface area contributed by atoms with Gasteiger partial charge < -0.3 is 19.7 Å². The molecular formula is C40H42O6S2. The largest absolute Gasteiger partial charge is 0.482 e. The first-order valence-electron chi connectivity index (χ1n) is 15.8. The smallest absolute Gasteiger partial charge is 0.341 e. The zero-order valence-electron chi connectivity index (χ0n) is 27.8. The summed E-state index contributed by atoms with van der Waals surface area (Å²) >= 11 is 3.47. The Morgan fingerprint density at radius 1 is 0.750 bits per heavy atom. The number of aryl methyl sites for hydroxylation is 1. The summed E-state index contributed by atoms with van der Waals surface area (Å²) in [6, 6.07) is 31.2. The monoisotopic (exact) mass is 682 g/mol. The molecule has 8 heteroatoms. The van der Waals surface area contributed by atoms with Crippen molar-refractivity contribution in [2.24, 2.45) is 0 Å². The predicted octanol–water partition coefficient (Wildman–Crippen LogP) is 9.55. The van der Waals surface area contributed by atoms with Crippen LogP contribution < -0.4 is 4.74 Å². The van der Waals surface area contributed by atoms with Crippen LogP contribution in [-0.4, -0.2) is 53.0 Å². The number of aliphatic carboxylic acids is 2. The molecule has 2 N–H and O–H groups in total. The van der Waals surface area contributed by atoms with E-state index in [2.05, 4.69) is 74.5 Å². The van der Waals surface area contributed by atoms with E-state index >= 15 is 0 Å². The van der Waals surface area contributed by atoms with Gasteiger partial charge >= 0.3 is 11.9 Å². The Morgan fingerprint density at radius 2 is 1.27 bits per heavy atom. The van der Waals surface area contributed by atoms with Gasteiger partial charge in [0.25, 0.3) is 0 Å². The molecule has 0 aromatic heterocycles. The third kappa shape index (κ3) is 11.2. The fourth-order valence-electron chi connectivity index (χ4n) is 4.98. The van der Waals surface area contributed by atoms with Gasteiger partial charge in [-0.1, -0.05) is 72.8 Å². The van der Waals surface area contributed by atoms with Gasteiger partial charge in [-0.3, -0.25) is 0 Å². The lowest BCUT2D eigenvalue weighted by Crippen LogP contribution is -2.26. The normalized spacial score (nSPS) is 12.5. The van der Waals surface area contributed by atoms with E-state index in [1.54, 1.807) is 30.4 Å². The van der Waals surface area contributed by atoms with Crippen LogP contribution >= 0.6 is 23.5 Å². The van der Waals surface area contributed by atoms with Gasteiger partial charge in [-0.25, -0.2) is 9.59 Å². The molecule has 1 atom stereocenters. The molecule has 0 aliphatic carbocycles. The number of thioether (sulfide) groups is 2. The lowest BCUT2D eigenvalue weighted by Gasteiger charge is -2.12. The van der Waals surface area contributed by atoms with Crippen LogP contribution in [0, 0.1) is 6.92 Å². The Kier molecular flexibility index (Phi) is 14.0. The topological polar surface area (TPSA) is 93.1 Å². The van der Waals surface area contributed by atoms with E-state index in [1.807, 2.05) is 49.4 Å². The average Bonchev–Trinajstić information content (AvgIpc) is 3.08. The summed E-state index contributed by atoms with van der Waals surface area (Å²) in [6.45, 7) is 8.02. The van der Waals surface area contributed by atoms with Gasteiger partial charge in [-0.15, -0.1) is 23.5 Å². The summed E-state index contributed by atoms with van der Waals surface area (Å²) in [6.07, 6.45) is 4.00. The van der Waals surface area contributed by atoms with Gasteiger partial charge in [0, 0.05) is 34.3 Å². The molecular weight excluding hydrogens is 641 g/mol. The van der Waals surface area contributed by atoms with E-state index in [9.17, 15) is 14.7 Å². The Morgan fingerprint density at radius 3 is 1.75 bits per heavy atom. The molecule has 0 spiro atoms. The summed E-state index contributed by atoms with van der Waals surface area (Å²) in [5, 5.41) is 18.1. The van der Waals surface area contributed by atoms with Crippen LogP contribution in [0.5, 0.6) is 5.75 Å². The van der Waals surface area contributed by atoms with Crippen molar-refractivity contribution < 1.29 is 29.3 Å². The summed E-state index contributed by atoms with van der Waals surface area (Å²) < 4.78 is 10.6. The van der Waals surface area contributed by atoms with Crippen molar-refractivity contribution >= 4 is 46.6 Å². The first-order chi connectivity index (χ1) is 23.1. The van der Waals surface area contributed by atoms with E-state index in [4.69, 9.17) is 14.6 Å². The highest BCUT2D eigenvalue weighted by Gasteiger charge is 2.17. The summed E-state index contributed by atoms with van der Waals surface area (Å²) in [7, 11) is 0. The minimum Gasteiger partial charge on any atom is -0.482 e. The van der Waals surface area contributed by atoms with Crippen molar-refractivity contribution in [2.75, 3.05) is 24.7 Å². The first kappa shape index (κ1) is 36.6. The average molecular weight is 683 g/mol. The highest BCUT2D eigenvalue weighted by molar-refractivity contribution is 7.99. The predicted molar refractivity (Wildman–Crippen MR) is 198 cm³/mol. The summed E-state index contributed by atoms with van der Waals surface area (Å²) in [5.74, 6) is 0.340. The molecule has 0 bridgehead atoms. The molecule has 0 fully saturated rings.